The van der Waals surface area contributed by atoms with E-state index in [9.17, 15) is 36.6 Å². The number of carbonyl (C=O) groups excluding carboxylic acids is 2. The zero-order chi connectivity index (χ0) is 38.5. The number of amides is 2. The van der Waals surface area contributed by atoms with Crippen LogP contribution < -0.4 is 10.6 Å². The van der Waals surface area contributed by atoms with Crippen molar-refractivity contribution >= 4 is 29.3 Å². The van der Waals surface area contributed by atoms with E-state index in [4.69, 9.17) is 9.47 Å². The minimum atomic E-state index is -2.34. The van der Waals surface area contributed by atoms with Crippen molar-refractivity contribution in [2.75, 3.05) is 11.1 Å². The summed E-state index contributed by atoms with van der Waals surface area (Å²) in [5, 5.41) is 14.6. The molecule has 7 nitrogen and oxygen atoms in total. The van der Waals surface area contributed by atoms with Crippen LogP contribution in [0, 0.1) is 35.0 Å². The van der Waals surface area contributed by atoms with Gasteiger partial charge in [0.25, 0.3) is 5.91 Å². The Hall–Kier alpha value is -5.08. The van der Waals surface area contributed by atoms with Crippen molar-refractivity contribution < 1.29 is 46.1 Å². The summed E-state index contributed by atoms with van der Waals surface area (Å²) >= 11 is 1.63. The van der Waals surface area contributed by atoms with Gasteiger partial charge in [-0.15, -0.1) is 11.8 Å². The minimum absolute atomic E-state index is 0.0380. The normalized spacial score (nSPS) is 18.3. The summed E-state index contributed by atoms with van der Waals surface area (Å²) in [6, 6.07) is 29.6. The van der Waals surface area contributed by atoms with Crippen LogP contribution in [-0.4, -0.2) is 28.8 Å². The lowest BCUT2D eigenvalue weighted by Crippen LogP contribution is -2.38. The summed E-state index contributed by atoms with van der Waals surface area (Å²) in [5.74, 6) is -12.2. The van der Waals surface area contributed by atoms with Gasteiger partial charge in [-0.1, -0.05) is 73.7 Å². The second-order valence-electron chi connectivity index (χ2n) is 12.8. The summed E-state index contributed by atoms with van der Waals surface area (Å²) in [5.41, 5.74) is 3.71. The Morgan fingerprint density at radius 2 is 1.37 bits per heavy atom. The summed E-state index contributed by atoms with van der Waals surface area (Å²) in [6.45, 7) is 3.22. The number of hydrogen-bond donors (Lipinski definition) is 3. The second-order valence-corrected chi connectivity index (χ2v) is 13.9. The minimum Gasteiger partial charge on any atom is -0.392 e. The molecule has 3 N–H and O–H groups in total. The zero-order valence-corrected chi connectivity index (χ0v) is 29.9. The highest BCUT2D eigenvalue weighted by molar-refractivity contribution is 7.99. The Balaban J connectivity index is 1.17. The molecule has 5 aromatic carbocycles. The Kier molecular flexibility index (Phi) is 12.1. The highest BCUT2D eigenvalue weighted by atomic mass is 32.2. The molecule has 2 amide bonds. The van der Waals surface area contributed by atoms with Crippen LogP contribution in [0.4, 0.5) is 27.6 Å². The number of rotatable bonds is 11. The Bertz CT molecular complexity index is 2110. The standard InChI is InChI=1S/C41H35F5N2O5S/c1-22-32(21-54-31-16-14-30(15-17-31)48-23(2)50)52-41(53-39(22)27-8-6-24(20-49)7-9-27)28-12-10-26(11-13-28)29-5-3-4-25(18-29)19-47-40(51)33-34(42)36(44)38(46)37(45)35(33)43/h3-18,22,32,39,41,49H,19-21H2,1-2H3,(H,47,51)(H,48,50). The number of ether oxygens (including phenoxy) is 2. The molecule has 4 atom stereocenters. The van der Waals surface area contributed by atoms with Crippen LogP contribution in [0.2, 0.25) is 0 Å². The number of carbonyl (C=O) groups is 2. The topological polar surface area (TPSA) is 96.9 Å². The van der Waals surface area contributed by atoms with Crippen LogP contribution in [-0.2, 0) is 27.4 Å². The first-order chi connectivity index (χ1) is 25.9. The Morgan fingerprint density at radius 3 is 2.00 bits per heavy atom. The molecule has 0 spiro atoms. The monoisotopic (exact) mass is 762 g/mol. The van der Waals surface area contributed by atoms with Gasteiger partial charge >= 0.3 is 0 Å². The van der Waals surface area contributed by atoms with Crippen molar-refractivity contribution in [3.8, 4) is 11.1 Å². The number of anilines is 1. The molecule has 0 saturated carbocycles. The molecule has 0 aromatic heterocycles. The highest BCUT2D eigenvalue weighted by Crippen LogP contribution is 2.43. The molecule has 0 aliphatic carbocycles. The van der Waals surface area contributed by atoms with E-state index in [-0.39, 0.29) is 37.2 Å². The molecule has 280 valence electrons. The number of hydrogen-bond acceptors (Lipinski definition) is 6. The van der Waals surface area contributed by atoms with E-state index >= 15 is 0 Å². The quantitative estimate of drug-likeness (QED) is 0.0538. The van der Waals surface area contributed by atoms with Crippen LogP contribution in [0.5, 0.6) is 0 Å². The number of benzene rings is 5. The Labute approximate surface area is 312 Å². The molecule has 1 fully saturated rings. The molecule has 5 aromatic rings. The summed E-state index contributed by atoms with van der Waals surface area (Å²) in [4.78, 5) is 24.9. The maximum atomic E-state index is 14.1. The van der Waals surface area contributed by atoms with Gasteiger partial charge < -0.3 is 25.2 Å². The predicted molar refractivity (Wildman–Crippen MR) is 194 cm³/mol. The average Bonchev–Trinajstić information content (AvgIpc) is 3.19. The van der Waals surface area contributed by atoms with Gasteiger partial charge in [-0.2, -0.15) is 0 Å². The zero-order valence-electron chi connectivity index (χ0n) is 29.0. The van der Waals surface area contributed by atoms with Crippen molar-refractivity contribution in [1.29, 1.82) is 0 Å². The molecule has 1 aliphatic rings. The molecule has 4 unspecified atom stereocenters. The van der Waals surface area contributed by atoms with E-state index in [0.29, 0.717) is 17.0 Å². The summed E-state index contributed by atoms with van der Waals surface area (Å²) in [7, 11) is 0. The molecule has 0 radical (unpaired) electrons. The second kappa shape index (κ2) is 16.9. The van der Waals surface area contributed by atoms with Gasteiger partial charge in [-0.25, -0.2) is 22.0 Å². The van der Waals surface area contributed by atoms with Crippen LogP contribution in [0.15, 0.2) is 102 Å². The highest BCUT2D eigenvalue weighted by Gasteiger charge is 2.38. The van der Waals surface area contributed by atoms with Crippen molar-refractivity contribution in [1.82, 2.24) is 5.32 Å². The molecule has 54 heavy (non-hydrogen) atoms. The first-order valence-corrected chi connectivity index (χ1v) is 17.9. The smallest absolute Gasteiger partial charge is 0.257 e. The van der Waals surface area contributed by atoms with Gasteiger partial charge in [0.2, 0.25) is 11.7 Å². The molecular weight excluding hydrogens is 728 g/mol. The van der Waals surface area contributed by atoms with Crippen LogP contribution in [0.3, 0.4) is 0 Å². The van der Waals surface area contributed by atoms with Crippen molar-refractivity contribution in [3.63, 3.8) is 0 Å². The van der Waals surface area contributed by atoms with E-state index in [1.54, 1.807) is 30.0 Å². The molecular formula is C41H35F5N2O5S. The van der Waals surface area contributed by atoms with E-state index in [1.165, 1.54) is 6.92 Å². The maximum absolute atomic E-state index is 14.1. The average molecular weight is 763 g/mol. The first-order valence-electron chi connectivity index (χ1n) is 16.9. The lowest BCUT2D eigenvalue weighted by atomic mass is 9.91. The van der Waals surface area contributed by atoms with E-state index in [2.05, 4.69) is 17.6 Å². The summed E-state index contributed by atoms with van der Waals surface area (Å²) in [6.07, 6.45) is -1.25. The van der Waals surface area contributed by atoms with Gasteiger partial charge in [0, 0.05) is 41.3 Å². The lowest BCUT2D eigenvalue weighted by molar-refractivity contribution is -0.268. The van der Waals surface area contributed by atoms with Gasteiger partial charge in [0.05, 0.1) is 18.8 Å². The Morgan fingerprint density at radius 1 is 0.741 bits per heavy atom. The fraction of sp³-hybridized carbons (Fsp3) is 0.220. The molecule has 0 bridgehead atoms. The van der Waals surface area contributed by atoms with Crippen LogP contribution in [0.1, 0.15) is 58.9 Å². The maximum Gasteiger partial charge on any atom is 0.257 e. The molecule has 1 heterocycles. The van der Waals surface area contributed by atoms with Gasteiger partial charge in [-0.05, 0) is 58.1 Å². The number of halogens is 5. The molecule has 1 aliphatic heterocycles. The number of thioether (sulfide) groups is 1. The number of aliphatic hydroxyl groups is 1. The van der Waals surface area contributed by atoms with Gasteiger partial charge in [0.1, 0.15) is 5.56 Å². The van der Waals surface area contributed by atoms with Gasteiger partial charge in [0.15, 0.2) is 29.6 Å². The summed E-state index contributed by atoms with van der Waals surface area (Å²) < 4.78 is 82.1. The fourth-order valence-electron chi connectivity index (χ4n) is 6.09. The van der Waals surface area contributed by atoms with E-state index < -0.39 is 46.8 Å². The van der Waals surface area contributed by atoms with Gasteiger partial charge in [-0.3, -0.25) is 9.59 Å². The van der Waals surface area contributed by atoms with E-state index in [1.807, 2.05) is 78.9 Å². The van der Waals surface area contributed by atoms with Crippen molar-refractivity contribution in [2.24, 2.45) is 5.92 Å². The predicted octanol–water partition coefficient (Wildman–Crippen LogP) is 9.01. The third-order valence-corrected chi connectivity index (χ3v) is 10.1. The third kappa shape index (κ3) is 8.65. The van der Waals surface area contributed by atoms with Crippen LogP contribution >= 0.6 is 11.8 Å². The largest absolute Gasteiger partial charge is 0.392 e. The van der Waals surface area contributed by atoms with E-state index in [0.717, 1.165) is 32.7 Å². The first kappa shape index (κ1) is 38.6. The third-order valence-electron chi connectivity index (χ3n) is 9.05. The molecule has 1 saturated heterocycles. The van der Waals surface area contributed by atoms with Crippen molar-refractivity contribution in [3.05, 3.63) is 154 Å². The number of nitrogens with one attached hydrogen (secondary N) is 2. The fourth-order valence-corrected chi connectivity index (χ4v) is 7.16. The SMILES string of the molecule is CC(=O)Nc1ccc(SCC2OC(c3ccc(-c4cccc(CNC(=O)c5c(F)c(F)c(F)c(F)c5F)c4)cc3)OC(c3ccc(CO)cc3)C2C)cc1. The molecule has 6 rings (SSSR count). The number of aliphatic hydroxyl groups excluding tert-OH is 1. The lowest BCUT2D eigenvalue weighted by Gasteiger charge is -2.41. The van der Waals surface area contributed by atoms with Crippen molar-refractivity contribution in [2.45, 2.75) is 50.4 Å². The molecule has 13 heteroatoms. The van der Waals surface area contributed by atoms with Crippen LogP contribution in [0.25, 0.3) is 11.1 Å².